The Bertz CT molecular complexity index is 1330. The van der Waals surface area contributed by atoms with Gasteiger partial charge >= 0.3 is 5.69 Å². The molecule has 0 spiro atoms. The normalized spacial score (nSPS) is 15.7. The van der Waals surface area contributed by atoms with Crippen LogP contribution in [0, 0.1) is 0 Å². The molecule has 2 amide bonds. The molecule has 0 aliphatic carbocycles. The minimum atomic E-state index is -0.644. The van der Waals surface area contributed by atoms with Crippen LogP contribution in [0.5, 0.6) is 5.75 Å². The number of rotatable bonds is 4. The molecule has 10 heteroatoms. The summed E-state index contributed by atoms with van der Waals surface area (Å²) in [6, 6.07) is 9.22. The van der Waals surface area contributed by atoms with Crippen LogP contribution in [0.15, 0.2) is 46.0 Å². The lowest BCUT2D eigenvalue weighted by Crippen LogP contribution is -2.43. The average Bonchev–Trinajstić information content (AvgIpc) is 3.31. The molecule has 3 aromatic rings. The second-order valence-corrected chi connectivity index (χ2v) is 7.65. The molecule has 166 valence electrons. The number of methoxy groups -OCH3 is 1. The third kappa shape index (κ3) is 3.64. The smallest absolute Gasteiger partial charge is 0.332 e. The molecule has 1 aliphatic rings. The average molecular weight is 437 g/mol. The number of fused-ring (bicyclic) bond motifs is 1. The first-order valence-corrected chi connectivity index (χ1v) is 10.1. The zero-order chi connectivity index (χ0) is 23.0. The summed E-state index contributed by atoms with van der Waals surface area (Å²) >= 11 is 0. The zero-order valence-corrected chi connectivity index (χ0v) is 18.0. The fraction of sp³-hybridized carbons (Fsp3) is 0.318. The molecule has 4 rings (SSSR count). The number of aryl methyl sites for hydroxylation is 1. The number of nitrogens with one attached hydrogen (secondary N) is 1. The lowest BCUT2D eigenvalue weighted by atomic mass is 10.2. The molecule has 1 aliphatic heterocycles. The Morgan fingerprint density at radius 2 is 1.78 bits per heavy atom. The summed E-state index contributed by atoms with van der Waals surface area (Å²) in [6.45, 7) is 0.411. The summed E-state index contributed by atoms with van der Waals surface area (Å²) < 4.78 is 7.34. The number of nitrogens with zero attached hydrogens (tertiary/aromatic N) is 4. The predicted octanol–water partition coefficient (Wildman–Crippen LogP) is 0.884. The first-order chi connectivity index (χ1) is 15.3. The lowest BCUT2D eigenvalue weighted by molar-refractivity contribution is -0.119. The Hall–Kier alpha value is -3.95. The van der Waals surface area contributed by atoms with Gasteiger partial charge in [-0.3, -0.25) is 23.5 Å². The number of hydrogen-bond donors (Lipinski definition) is 1. The van der Waals surface area contributed by atoms with Crippen molar-refractivity contribution in [2.24, 2.45) is 14.1 Å². The fourth-order valence-corrected chi connectivity index (χ4v) is 3.90. The summed E-state index contributed by atoms with van der Waals surface area (Å²) in [4.78, 5) is 56.4. The predicted molar refractivity (Wildman–Crippen MR) is 118 cm³/mol. The molecule has 1 saturated heterocycles. The van der Waals surface area contributed by atoms with Gasteiger partial charge in [-0.15, -0.1) is 0 Å². The van der Waals surface area contributed by atoms with E-state index >= 15 is 0 Å². The molecule has 0 bridgehead atoms. The van der Waals surface area contributed by atoms with Crippen LogP contribution in [0.2, 0.25) is 0 Å². The molecule has 10 nitrogen and oxygen atoms in total. The highest BCUT2D eigenvalue weighted by Crippen LogP contribution is 2.23. The maximum absolute atomic E-state index is 13.2. The molecular weight excluding hydrogens is 414 g/mol. The molecule has 1 N–H and O–H groups in total. The van der Waals surface area contributed by atoms with Crippen molar-refractivity contribution in [3.63, 3.8) is 0 Å². The van der Waals surface area contributed by atoms with Crippen molar-refractivity contribution in [2.75, 3.05) is 19.0 Å². The highest BCUT2D eigenvalue weighted by Gasteiger charge is 2.35. The summed E-state index contributed by atoms with van der Waals surface area (Å²) in [5, 5.41) is 3.07. The van der Waals surface area contributed by atoms with Crippen LogP contribution in [0.4, 0.5) is 5.69 Å². The van der Waals surface area contributed by atoms with Crippen LogP contribution in [0.1, 0.15) is 23.3 Å². The standard InChI is InChI=1S/C22H23N5O5/c1-25-18-15(20(29)26(2)22(25)31)10-11-16(24-18)21(30)27-12-4-5-17(27)19(28)23-13-6-8-14(32-3)9-7-13/h6-11,17H,4-5,12H2,1-3H3,(H,23,28)/t17-/m1/s1. The highest BCUT2D eigenvalue weighted by molar-refractivity contribution is 6.01. The number of carbonyl (C=O) groups is 2. The van der Waals surface area contributed by atoms with Gasteiger partial charge in [0, 0.05) is 26.3 Å². The van der Waals surface area contributed by atoms with Crippen molar-refractivity contribution in [1.29, 1.82) is 0 Å². The summed E-state index contributed by atoms with van der Waals surface area (Å²) in [6.07, 6.45) is 1.21. The number of pyridine rings is 1. The Kier molecular flexibility index (Phi) is 5.52. The van der Waals surface area contributed by atoms with Gasteiger partial charge in [-0.1, -0.05) is 0 Å². The van der Waals surface area contributed by atoms with Crippen LogP contribution < -0.4 is 21.3 Å². The van der Waals surface area contributed by atoms with Gasteiger partial charge in [-0.2, -0.15) is 0 Å². The number of amides is 2. The summed E-state index contributed by atoms with van der Waals surface area (Å²) in [5.74, 6) is -0.0391. The van der Waals surface area contributed by atoms with Gasteiger partial charge in [0.2, 0.25) is 5.91 Å². The summed E-state index contributed by atoms with van der Waals surface area (Å²) in [5.41, 5.74) is -0.206. The monoisotopic (exact) mass is 437 g/mol. The number of anilines is 1. The van der Waals surface area contributed by atoms with Crippen molar-refractivity contribution in [3.8, 4) is 5.75 Å². The van der Waals surface area contributed by atoms with Crippen molar-refractivity contribution in [1.82, 2.24) is 19.0 Å². The first kappa shape index (κ1) is 21.3. The van der Waals surface area contributed by atoms with E-state index in [-0.39, 0.29) is 22.6 Å². The zero-order valence-electron chi connectivity index (χ0n) is 18.0. The SMILES string of the molecule is COc1ccc(NC(=O)[C@H]2CCCN2C(=O)c2ccc3c(=O)n(C)c(=O)n(C)c3n2)cc1. The fourth-order valence-electron chi connectivity index (χ4n) is 3.90. The van der Waals surface area contributed by atoms with Gasteiger partial charge in [0.05, 0.1) is 12.5 Å². The molecular formula is C22H23N5O5. The minimum absolute atomic E-state index is 0.0740. The van der Waals surface area contributed by atoms with Crippen molar-refractivity contribution >= 4 is 28.5 Å². The number of hydrogen-bond acceptors (Lipinski definition) is 6. The number of likely N-dealkylation sites (tertiary alicyclic amines) is 1. The van der Waals surface area contributed by atoms with Crippen molar-refractivity contribution < 1.29 is 14.3 Å². The van der Waals surface area contributed by atoms with E-state index in [2.05, 4.69) is 10.3 Å². The molecule has 1 aromatic carbocycles. The van der Waals surface area contributed by atoms with E-state index < -0.39 is 23.2 Å². The second kappa shape index (κ2) is 8.29. The van der Waals surface area contributed by atoms with Crippen LogP contribution in [0.25, 0.3) is 11.0 Å². The maximum atomic E-state index is 13.2. The third-order valence-electron chi connectivity index (χ3n) is 5.69. The summed E-state index contributed by atoms with van der Waals surface area (Å²) in [7, 11) is 4.44. The Morgan fingerprint density at radius 1 is 1.06 bits per heavy atom. The van der Waals surface area contributed by atoms with Gasteiger partial charge in [0.25, 0.3) is 11.5 Å². The topological polar surface area (TPSA) is 116 Å². The van der Waals surface area contributed by atoms with Gasteiger partial charge < -0.3 is 15.0 Å². The molecule has 2 aromatic heterocycles. The van der Waals surface area contributed by atoms with Gasteiger partial charge in [0.1, 0.15) is 23.1 Å². The lowest BCUT2D eigenvalue weighted by Gasteiger charge is -2.24. The number of ether oxygens (including phenoxy) is 1. The van der Waals surface area contributed by atoms with Crippen LogP contribution in [0.3, 0.4) is 0 Å². The van der Waals surface area contributed by atoms with Crippen LogP contribution in [-0.4, -0.2) is 50.5 Å². The van der Waals surface area contributed by atoms with E-state index in [1.54, 1.807) is 31.4 Å². The molecule has 32 heavy (non-hydrogen) atoms. The van der Waals surface area contributed by atoms with Crippen molar-refractivity contribution in [2.45, 2.75) is 18.9 Å². The minimum Gasteiger partial charge on any atom is -0.497 e. The Labute approximate surface area is 183 Å². The van der Waals surface area contributed by atoms with Crippen LogP contribution >= 0.6 is 0 Å². The largest absolute Gasteiger partial charge is 0.497 e. The van der Waals surface area contributed by atoms with E-state index in [0.717, 1.165) is 4.57 Å². The first-order valence-electron chi connectivity index (χ1n) is 10.1. The molecule has 1 atom stereocenters. The van der Waals surface area contributed by atoms with E-state index in [9.17, 15) is 19.2 Å². The van der Waals surface area contributed by atoms with Gasteiger partial charge in [-0.25, -0.2) is 9.78 Å². The van der Waals surface area contributed by atoms with E-state index in [4.69, 9.17) is 4.74 Å². The number of aromatic nitrogens is 3. The molecule has 0 unspecified atom stereocenters. The highest BCUT2D eigenvalue weighted by atomic mass is 16.5. The van der Waals surface area contributed by atoms with Gasteiger partial charge in [-0.05, 0) is 49.2 Å². The van der Waals surface area contributed by atoms with E-state index in [1.807, 2.05) is 0 Å². The number of carbonyl (C=O) groups excluding carboxylic acids is 2. The maximum Gasteiger partial charge on any atom is 0.332 e. The van der Waals surface area contributed by atoms with Crippen LogP contribution in [-0.2, 0) is 18.9 Å². The molecule has 3 heterocycles. The molecule has 0 radical (unpaired) electrons. The quantitative estimate of drug-likeness (QED) is 0.648. The molecule has 1 fully saturated rings. The second-order valence-electron chi connectivity index (χ2n) is 7.65. The molecule has 0 saturated carbocycles. The third-order valence-corrected chi connectivity index (χ3v) is 5.69. The van der Waals surface area contributed by atoms with Gasteiger partial charge in [0.15, 0.2) is 0 Å². The Balaban J connectivity index is 1.60. The van der Waals surface area contributed by atoms with E-state index in [1.165, 1.54) is 35.7 Å². The Morgan fingerprint density at radius 3 is 2.47 bits per heavy atom. The number of benzene rings is 1. The van der Waals surface area contributed by atoms with E-state index in [0.29, 0.717) is 30.8 Å². The van der Waals surface area contributed by atoms with Crippen molar-refractivity contribution in [3.05, 3.63) is 62.9 Å².